The normalized spacial score (nSPS) is 20.8. The van der Waals surface area contributed by atoms with Crippen LogP contribution in [0.1, 0.15) is 30.1 Å². The van der Waals surface area contributed by atoms with Crippen molar-refractivity contribution in [2.75, 3.05) is 26.7 Å². The van der Waals surface area contributed by atoms with Crippen LogP contribution in [0.5, 0.6) is 0 Å². The molecule has 3 nitrogen and oxygen atoms in total. The van der Waals surface area contributed by atoms with Crippen molar-refractivity contribution in [2.45, 2.75) is 25.8 Å². The van der Waals surface area contributed by atoms with Gasteiger partial charge in [-0.05, 0) is 44.6 Å². The molecule has 0 aliphatic carbocycles. The quantitative estimate of drug-likeness (QED) is 0.804. The molecule has 0 aromatic heterocycles. The summed E-state index contributed by atoms with van der Waals surface area (Å²) < 4.78 is 0.841. The number of nitrogens with zero attached hydrogens (tertiary/aromatic N) is 2. The first kappa shape index (κ1) is 15.8. The molecule has 1 fully saturated rings. The van der Waals surface area contributed by atoms with E-state index in [9.17, 15) is 4.79 Å². The summed E-state index contributed by atoms with van der Waals surface area (Å²) in [6, 6.07) is 5.66. The van der Waals surface area contributed by atoms with Crippen LogP contribution in [0, 0.1) is 0 Å². The third kappa shape index (κ3) is 3.74. The molecular weight excluding hydrogens is 340 g/mol. The lowest BCUT2D eigenvalue weighted by molar-refractivity contribution is 0.0675. The summed E-state index contributed by atoms with van der Waals surface area (Å²) in [5.41, 5.74) is 0.660. The van der Waals surface area contributed by atoms with Gasteiger partial charge in [0, 0.05) is 34.2 Å². The van der Waals surface area contributed by atoms with Gasteiger partial charge >= 0.3 is 0 Å². The van der Waals surface area contributed by atoms with Crippen molar-refractivity contribution in [3.05, 3.63) is 33.3 Å². The molecule has 0 spiro atoms. The first-order valence-electron chi connectivity index (χ1n) is 6.97. The van der Waals surface area contributed by atoms with Crippen LogP contribution in [0.3, 0.4) is 0 Å². The van der Waals surface area contributed by atoms with E-state index in [0.29, 0.717) is 10.6 Å². The Morgan fingerprint density at radius 1 is 1.40 bits per heavy atom. The second-order valence-electron chi connectivity index (χ2n) is 5.33. The van der Waals surface area contributed by atoms with E-state index < -0.39 is 0 Å². The van der Waals surface area contributed by atoms with Crippen LogP contribution >= 0.6 is 27.5 Å². The molecule has 1 aromatic carbocycles. The monoisotopic (exact) mass is 358 g/mol. The van der Waals surface area contributed by atoms with Crippen LogP contribution in [0.4, 0.5) is 0 Å². The van der Waals surface area contributed by atoms with E-state index in [4.69, 9.17) is 11.6 Å². The molecule has 0 bridgehead atoms. The Hall–Kier alpha value is -0.580. The van der Waals surface area contributed by atoms with E-state index in [2.05, 4.69) is 34.8 Å². The maximum absolute atomic E-state index is 12.8. The minimum absolute atomic E-state index is 0.0790. The van der Waals surface area contributed by atoms with E-state index in [-0.39, 0.29) is 11.9 Å². The standard InChI is InChI=1S/C15H20BrClN2O/c1-3-14-10-18(2)5-4-6-19(14)15(20)11-7-12(16)9-13(17)8-11/h7-9,14H,3-6,10H2,1-2H3. The number of halogens is 2. The Labute approximate surface area is 134 Å². The molecule has 5 heteroatoms. The molecule has 0 N–H and O–H groups in total. The van der Waals surface area contributed by atoms with Crippen LogP contribution in [0.2, 0.25) is 5.02 Å². The van der Waals surface area contributed by atoms with E-state index in [1.54, 1.807) is 12.1 Å². The third-order valence-electron chi connectivity index (χ3n) is 3.74. The number of hydrogen-bond acceptors (Lipinski definition) is 2. The molecule has 1 aliphatic heterocycles. The fourth-order valence-electron chi connectivity index (χ4n) is 2.70. The highest BCUT2D eigenvalue weighted by Crippen LogP contribution is 2.22. The smallest absolute Gasteiger partial charge is 0.254 e. The molecule has 0 radical (unpaired) electrons. The highest BCUT2D eigenvalue weighted by Gasteiger charge is 2.27. The lowest BCUT2D eigenvalue weighted by Crippen LogP contribution is -2.43. The van der Waals surface area contributed by atoms with Crippen molar-refractivity contribution in [1.82, 2.24) is 9.80 Å². The third-order valence-corrected chi connectivity index (χ3v) is 4.42. The second-order valence-corrected chi connectivity index (χ2v) is 6.69. The zero-order valence-electron chi connectivity index (χ0n) is 11.9. The molecule has 1 aliphatic rings. The minimum Gasteiger partial charge on any atom is -0.334 e. The second kappa shape index (κ2) is 6.92. The lowest BCUT2D eigenvalue weighted by atomic mass is 10.1. The Bertz CT molecular complexity index is 475. The van der Waals surface area contributed by atoms with E-state index in [1.807, 2.05) is 11.0 Å². The molecule has 110 valence electrons. The van der Waals surface area contributed by atoms with Gasteiger partial charge in [0.2, 0.25) is 0 Å². The molecule has 1 heterocycles. The Balaban J connectivity index is 2.25. The van der Waals surface area contributed by atoms with Gasteiger partial charge in [0.05, 0.1) is 0 Å². The fraction of sp³-hybridized carbons (Fsp3) is 0.533. The number of rotatable bonds is 2. The average molecular weight is 360 g/mol. The molecule has 1 saturated heterocycles. The predicted molar refractivity (Wildman–Crippen MR) is 86.4 cm³/mol. The lowest BCUT2D eigenvalue weighted by Gasteiger charge is -2.30. The van der Waals surface area contributed by atoms with Gasteiger partial charge in [-0.25, -0.2) is 0 Å². The molecule has 1 amide bonds. The Kier molecular flexibility index (Phi) is 5.47. The molecular formula is C15H20BrClN2O. The number of likely N-dealkylation sites (N-methyl/N-ethyl adjacent to an activating group) is 1. The Morgan fingerprint density at radius 3 is 2.80 bits per heavy atom. The topological polar surface area (TPSA) is 23.6 Å². The van der Waals surface area contributed by atoms with Crippen molar-refractivity contribution in [2.24, 2.45) is 0 Å². The van der Waals surface area contributed by atoms with E-state index >= 15 is 0 Å². The number of amides is 1. The first-order valence-corrected chi connectivity index (χ1v) is 8.14. The molecule has 1 aromatic rings. The van der Waals surface area contributed by atoms with Gasteiger partial charge in [0.15, 0.2) is 0 Å². The van der Waals surface area contributed by atoms with Crippen molar-refractivity contribution in [3.63, 3.8) is 0 Å². The first-order chi connectivity index (χ1) is 9.51. The van der Waals surface area contributed by atoms with Gasteiger partial charge in [0.25, 0.3) is 5.91 Å². The van der Waals surface area contributed by atoms with Crippen molar-refractivity contribution < 1.29 is 4.79 Å². The van der Waals surface area contributed by atoms with Crippen LogP contribution < -0.4 is 0 Å². The predicted octanol–water partition coefficient (Wildman–Crippen LogP) is 3.66. The number of carbonyl (C=O) groups is 1. The zero-order chi connectivity index (χ0) is 14.7. The largest absolute Gasteiger partial charge is 0.334 e. The Morgan fingerprint density at radius 2 is 2.15 bits per heavy atom. The molecule has 20 heavy (non-hydrogen) atoms. The summed E-state index contributed by atoms with van der Waals surface area (Å²) in [6.45, 7) is 4.92. The molecule has 0 saturated carbocycles. The fourth-order valence-corrected chi connectivity index (χ4v) is 3.56. The zero-order valence-corrected chi connectivity index (χ0v) is 14.2. The summed E-state index contributed by atoms with van der Waals surface area (Å²) in [7, 11) is 2.12. The number of hydrogen-bond donors (Lipinski definition) is 0. The van der Waals surface area contributed by atoms with Gasteiger partial charge in [-0.1, -0.05) is 34.5 Å². The maximum atomic E-state index is 12.8. The van der Waals surface area contributed by atoms with Crippen LogP contribution in [-0.4, -0.2) is 48.4 Å². The van der Waals surface area contributed by atoms with Crippen LogP contribution in [0.25, 0.3) is 0 Å². The summed E-state index contributed by atoms with van der Waals surface area (Å²) in [4.78, 5) is 17.1. The molecule has 1 unspecified atom stereocenters. The highest BCUT2D eigenvalue weighted by molar-refractivity contribution is 9.10. The van der Waals surface area contributed by atoms with Gasteiger partial charge in [-0.2, -0.15) is 0 Å². The van der Waals surface area contributed by atoms with Crippen LogP contribution in [0.15, 0.2) is 22.7 Å². The average Bonchev–Trinajstić information content (AvgIpc) is 2.58. The van der Waals surface area contributed by atoms with Crippen molar-refractivity contribution in [3.8, 4) is 0 Å². The molecule has 2 rings (SSSR count). The van der Waals surface area contributed by atoms with Gasteiger partial charge in [0.1, 0.15) is 0 Å². The summed E-state index contributed by atoms with van der Waals surface area (Å²) in [6.07, 6.45) is 1.98. The SMILES string of the molecule is CCC1CN(C)CCCN1C(=O)c1cc(Cl)cc(Br)c1. The van der Waals surface area contributed by atoms with E-state index in [0.717, 1.165) is 36.9 Å². The van der Waals surface area contributed by atoms with Crippen molar-refractivity contribution in [1.29, 1.82) is 0 Å². The van der Waals surface area contributed by atoms with Gasteiger partial charge in [-0.3, -0.25) is 4.79 Å². The van der Waals surface area contributed by atoms with Gasteiger partial charge in [-0.15, -0.1) is 0 Å². The minimum atomic E-state index is 0.0790. The summed E-state index contributed by atoms with van der Waals surface area (Å²) in [5, 5.41) is 0.586. The summed E-state index contributed by atoms with van der Waals surface area (Å²) in [5.74, 6) is 0.0790. The van der Waals surface area contributed by atoms with Crippen molar-refractivity contribution >= 4 is 33.4 Å². The number of carbonyl (C=O) groups excluding carboxylic acids is 1. The maximum Gasteiger partial charge on any atom is 0.254 e. The van der Waals surface area contributed by atoms with Gasteiger partial charge < -0.3 is 9.80 Å². The molecule has 1 atom stereocenters. The number of benzene rings is 1. The summed E-state index contributed by atoms with van der Waals surface area (Å²) >= 11 is 9.45. The van der Waals surface area contributed by atoms with Crippen LogP contribution in [-0.2, 0) is 0 Å². The van der Waals surface area contributed by atoms with E-state index in [1.165, 1.54) is 0 Å². The highest BCUT2D eigenvalue weighted by atomic mass is 79.9.